The molecular formula is C13H20N4O. The Bertz CT molecular complexity index is 440. The van der Waals surface area contributed by atoms with Crippen LogP contribution in [0.1, 0.15) is 18.5 Å². The summed E-state index contributed by atoms with van der Waals surface area (Å²) in [6.07, 6.45) is 6.29. The third kappa shape index (κ3) is 3.43. The molecular weight excluding hydrogens is 228 g/mol. The number of carbonyl (C=O) groups excluding carboxylic acids is 1. The van der Waals surface area contributed by atoms with Crippen molar-refractivity contribution in [3.63, 3.8) is 0 Å². The van der Waals surface area contributed by atoms with E-state index in [2.05, 4.69) is 16.5 Å². The van der Waals surface area contributed by atoms with Crippen LogP contribution in [0.15, 0.2) is 17.8 Å². The minimum absolute atomic E-state index is 0.0524. The third-order valence-corrected chi connectivity index (χ3v) is 3.01. The first-order valence-corrected chi connectivity index (χ1v) is 6.29. The molecule has 0 aliphatic carbocycles. The first-order valence-electron chi connectivity index (χ1n) is 6.29. The van der Waals surface area contributed by atoms with Crippen molar-refractivity contribution in [2.45, 2.75) is 19.4 Å². The summed E-state index contributed by atoms with van der Waals surface area (Å²) in [6.45, 7) is 2.35. The maximum Gasteiger partial charge on any atom is 0.243 e. The molecule has 98 valence electrons. The minimum atomic E-state index is 0.0524. The van der Waals surface area contributed by atoms with E-state index in [4.69, 9.17) is 0 Å². The maximum atomic E-state index is 11.6. The number of hydrogen-bond donors (Lipinski definition) is 1. The van der Waals surface area contributed by atoms with E-state index in [0.29, 0.717) is 6.54 Å². The molecule has 0 unspecified atom stereocenters. The Morgan fingerprint density at radius 3 is 3.11 bits per heavy atom. The second-order valence-electron chi connectivity index (χ2n) is 4.81. The Morgan fingerprint density at radius 1 is 1.61 bits per heavy atom. The molecule has 0 atom stereocenters. The molecule has 1 aliphatic rings. The van der Waals surface area contributed by atoms with Crippen LogP contribution < -0.4 is 5.32 Å². The van der Waals surface area contributed by atoms with Gasteiger partial charge >= 0.3 is 0 Å². The average Bonchev–Trinajstić information content (AvgIpc) is 2.77. The quantitative estimate of drug-likeness (QED) is 0.858. The van der Waals surface area contributed by atoms with Crippen LogP contribution in [0.25, 0.3) is 6.08 Å². The monoisotopic (exact) mass is 248 g/mol. The molecule has 2 rings (SSSR count). The topological polar surface area (TPSA) is 50.2 Å². The average molecular weight is 248 g/mol. The largest absolute Gasteiger partial charge is 0.347 e. The van der Waals surface area contributed by atoms with Crippen LogP contribution in [0.4, 0.5) is 0 Å². The van der Waals surface area contributed by atoms with E-state index in [9.17, 15) is 4.79 Å². The lowest BCUT2D eigenvalue weighted by Gasteiger charge is -2.14. The van der Waals surface area contributed by atoms with Crippen LogP contribution in [0.2, 0.25) is 0 Å². The van der Waals surface area contributed by atoms with Gasteiger partial charge in [0.05, 0.1) is 5.69 Å². The summed E-state index contributed by atoms with van der Waals surface area (Å²) in [5, 5.41) is 7.74. The molecule has 1 N–H and O–H groups in total. The van der Waals surface area contributed by atoms with Gasteiger partial charge in [-0.25, -0.2) is 0 Å². The number of nitrogens with zero attached hydrogens (tertiary/aromatic N) is 3. The zero-order valence-electron chi connectivity index (χ0n) is 11.0. The van der Waals surface area contributed by atoms with Crippen molar-refractivity contribution in [3.05, 3.63) is 23.5 Å². The molecule has 1 amide bonds. The summed E-state index contributed by atoms with van der Waals surface area (Å²) in [7, 11) is 3.50. The molecule has 18 heavy (non-hydrogen) atoms. The van der Waals surface area contributed by atoms with E-state index in [0.717, 1.165) is 25.2 Å². The third-order valence-electron chi connectivity index (χ3n) is 3.01. The lowest BCUT2D eigenvalue weighted by molar-refractivity contribution is -0.129. The molecule has 0 spiro atoms. The zero-order valence-corrected chi connectivity index (χ0v) is 11.0. The Labute approximate surface area is 107 Å². The fourth-order valence-electron chi connectivity index (χ4n) is 1.93. The van der Waals surface area contributed by atoms with Crippen LogP contribution in [-0.4, -0.2) is 47.8 Å². The van der Waals surface area contributed by atoms with E-state index in [1.54, 1.807) is 23.7 Å². The Balaban J connectivity index is 1.99. The van der Waals surface area contributed by atoms with E-state index < -0.39 is 0 Å². The van der Waals surface area contributed by atoms with Crippen molar-refractivity contribution in [1.82, 2.24) is 20.0 Å². The summed E-state index contributed by atoms with van der Waals surface area (Å²) >= 11 is 0. The number of aromatic nitrogens is 2. The SMILES string of the molecule is CN(C)C(=O)Cn1ccc(C=C2CCCNC2)n1. The molecule has 0 bridgehead atoms. The fraction of sp³-hybridized carbons (Fsp3) is 0.538. The number of amides is 1. The van der Waals surface area contributed by atoms with Crippen molar-refractivity contribution in [2.24, 2.45) is 0 Å². The minimum Gasteiger partial charge on any atom is -0.347 e. The number of rotatable bonds is 3. The van der Waals surface area contributed by atoms with Gasteiger partial charge in [0.1, 0.15) is 6.54 Å². The molecule has 0 radical (unpaired) electrons. The molecule has 5 heteroatoms. The molecule has 2 heterocycles. The smallest absolute Gasteiger partial charge is 0.243 e. The van der Waals surface area contributed by atoms with Crippen molar-refractivity contribution < 1.29 is 4.79 Å². The highest BCUT2D eigenvalue weighted by Crippen LogP contribution is 2.12. The highest BCUT2D eigenvalue weighted by atomic mass is 16.2. The van der Waals surface area contributed by atoms with Gasteiger partial charge in [-0.2, -0.15) is 5.10 Å². The predicted octanol–water partition coefficient (Wildman–Crippen LogP) is 0.738. The van der Waals surface area contributed by atoms with Gasteiger partial charge in [0.15, 0.2) is 0 Å². The zero-order chi connectivity index (χ0) is 13.0. The van der Waals surface area contributed by atoms with E-state index in [1.165, 1.54) is 12.0 Å². The molecule has 1 aromatic heterocycles. The van der Waals surface area contributed by atoms with Crippen LogP contribution >= 0.6 is 0 Å². The number of piperidine rings is 1. The summed E-state index contributed by atoms with van der Waals surface area (Å²) in [6, 6.07) is 1.95. The molecule has 1 fully saturated rings. The molecule has 5 nitrogen and oxygen atoms in total. The summed E-state index contributed by atoms with van der Waals surface area (Å²) in [5.74, 6) is 0.0524. The van der Waals surface area contributed by atoms with Crippen LogP contribution in [0.5, 0.6) is 0 Å². The van der Waals surface area contributed by atoms with Crippen molar-refractivity contribution in [1.29, 1.82) is 0 Å². The molecule has 1 aliphatic heterocycles. The van der Waals surface area contributed by atoms with Gasteiger partial charge in [0.25, 0.3) is 0 Å². The lowest BCUT2D eigenvalue weighted by Crippen LogP contribution is -2.26. The Morgan fingerprint density at radius 2 is 2.44 bits per heavy atom. The number of carbonyl (C=O) groups is 1. The maximum absolute atomic E-state index is 11.6. The van der Waals surface area contributed by atoms with E-state index in [1.807, 2.05) is 12.3 Å². The van der Waals surface area contributed by atoms with Gasteiger partial charge in [-0.1, -0.05) is 5.57 Å². The Hall–Kier alpha value is -1.62. The van der Waals surface area contributed by atoms with E-state index >= 15 is 0 Å². The number of hydrogen-bond acceptors (Lipinski definition) is 3. The van der Waals surface area contributed by atoms with Gasteiger partial charge in [-0.3, -0.25) is 9.48 Å². The van der Waals surface area contributed by atoms with Gasteiger partial charge in [-0.05, 0) is 31.5 Å². The van der Waals surface area contributed by atoms with Gasteiger partial charge in [-0.15, -0.1) is 0 Å². The first kappa shape index (κ1) is 12.8. The van der Waals surface area contributed by atoms with Crippen LogP contribution in [0, 0.1) is 0 Å². The molecule has 0 aromatic carbocycles. The van der Waals surface area contributed by atoms with Crippen molar-refractivity contribution in [3.8, 4) is 0 Å². The second kappa shape index (κ2) is 5.82. The standard InChI is InChI=1S/C13H20N4O/c1-16(2)13(18)10-17-7-5-12(15-17)8-11-4-3-6-14-9-11/h5,7-8,14H,3-4,6,9-10H2,1-2H3. The van der Waals surface area contributed by atoms with Gasteiger partial charge < -0.3 is 10.2 Å². The van der Waals surface area contributed by atoms with Crippen molar-refractivity contribution in [2.75, 3.05) is 27.2 Å². The van der Waals surface area contributed by atoms with E-state index in [-0.39, 0.29) is 5.91 Å². The molecule has 0 saturated carbocycles. The normalized spacial score (nSPS) is 18.0. The fourth-order valence-corrected chi connectivity index (χ4v) is 1.93. The summed E-state index contributed by atoms with van der Waals surface area (Å²) in [4.78, 5) is 13.1. The van der Waals surface area contributed by atoms with Gasteiger partial charge in [0.2, 0.25) is 5.91 Å². The lowest BCUT2D eigenvalue weighted by atomic mass is 10.1. The highest BCUT2D eigenvalue weighted by molar-refractivity contribution is 5.75. The van der Waals surface area contributed by atoms with Crippen LogP contribution in [0.3, 0.4) is 0 Å². The first-order chi connectivity index (χ1) is 8.65. The van der Waals surface area contributed by atoms with Crippen LogP contribution in [-0.2, 0) is 11.3 Å². The Kier molecular flexibility index (Phi) is 4.15. The number of nitrogens with one attached hydrogen (secondary N) is 1. The highest BCUT2D eigenvalue weighted by Gasteiger charge is 2.08. The predicted molar refractivity (Wildman–Crippen MR) is 71.0 cm³/mol. The van der Waals surface area contributed by atoms with Gasteiger partial charge in [0, 0.05) is 26.8 Å². The summed E-state index contributed by atoms with van der Waals surface area (Å²) < 4.78 is 1.69. The second-order valence-corrected chi connectivity index (χ2v) is 4.81. The molecule has 1 aromatic rings. The van der Waals surface area contributed by atoms with Crippen molar-refractivity contribution >= 4 is 12.0 Å². The summed E-state index contributed by atoms with van der Waals surface area (Å²) in [5.41, 5.74) is 2.31. The molecule has 1 saturated heterocycles. The number of likely N-dealkylation sites (N-methyl/N-ethyl adjacent to an activating group) is 1.